The molecule has 0 spiro atoms. The van der Waals surface area contributed by atoms with Crippen molar-refractivity contribution in [1.82, 2.24) is 0 Å². The lowest BCUT2D eigenvalue weighted by molar-refractivity contribution is -0.406. The molecular weight excluding hydrogens is 1190 g/mol. The van der Waals surface area contributed by atoms with E-state index in [2.05, 4.69) is 40.7 Å². The van der Waals surface area contributed by atoms with Gasteiger partial charge >= 0.3 is 10.4 Å². The maximum absolute atomic E-state index is 12.6. The van der Waals surface area contributed by atoms with Gasteiger partial charge in [-0.25, -0.2) is 4.18 Å². The molecule has 37 atom stereocenters. The van der Waals surface area contributed by atoms with Gasteiger partial charge in [0, 0.05) is 0 Å². The number of rotatable bonds is 18. The zero-order valence-corrected chi connectivity index (χ0v) is 52.3. The van der Waals surface area contributed by atoms with Crippen LogP contribution in [0.5, 0.6) is 0 Å². The Balaban J connectivity index is 0.930. The average molecular weight is 1290 g/mol. The summed E-state index contributed by atoms with van der Waals surface area (Å²) in [5, 5.41) is 147. The van der Waals surface area contributed by atoms with Gasteiger partial charge in [0.2, 0.25) is 0 Å². The number of hydrogen-bond donors (Lipinski definition) is 14. The van der Waals surface area contributed by atoms with Gasteiger partial charge in [0.15, 0.2) is 31.5 Å². The fourth-order valence-corrected chi connectivity index (χ4v) is 17.7. The molecule has 10 rings (SSSR count). The topological polar surface area (TPSA) is 431 Å². The fraction of sp³-hybridized carbons (Fsp3) is 0.966. The van der Waals surface area contributed by atoms with Crippen molar-refractivity contribution in [3.63, 3.8) is 0 Å². The number of epoxide rings is 1. The van der Waals surface area contributed by atoms with Gasteiger partial charge in [-0.3, -0.25) is 4.55 Å². The molecule has 6 saturated heterocycles. The molecule has 0 aromatic rings. The number of allylic oxidation sites excluding steroid dienone is 2. The highest BCUT2D eigenvalue weighted by Crippen LogP contribution is 2.68. The summed E-state index contributed by atoms with van der Waals surface area (Å²) in [5.41, 5.74) is -1.05. The minimum Gasteiger partial charge on any atom is -0.394 e. The van der Waals surface area contributed by atoms with E-state index >= 15 is 0 Å². The summed E-state index contributed by atoms with van der Waals surface area (Å²) in [6.45, 7) is 17.4. The molecule has 14 N–H and O–H groups in total. The molecule has 88 heavy (non-hydrogen) atoms. The first kappa shape index (κ1) is 69.5. The molecule has 6 heterocycles. The van der Waals surface area contributed by atoms with Crippen molar-refractivity contribution >= 4 is 10.4 Å². The Labute approximate surface area is 513 Å². The molecule has 9 fully saturated rings. The second kappa shape index (κ2) is 26.3. The van der Waals surface area contributed by atoms with Crippen molar-refractivity contribution in [2.45, 2.75) is 304 Å². The Hall–Kier alpha value is -1.35. The molecular formula is C59H98O28S. The first-order valence-electron chi connectivity index (χ1n) is 31.5. The van der Waals surface area contributed by atoms with E-state index in [9.17, 15) is 79.4 Å². The Morgan fingerprint density at radius 3 is 1.68 bits per heavy atom. The Bertz CT molecular complexity index is 2510. The monoisotopic (exact) mass is 1290 g/mol. The quantitative estimate of drug-likeness (QED) is 0.0407. The van der Waals surface area contributed by atoms with Crippen LogP contribution in [0.4, 0.5) is 0 Å². The molecule has 28 nitrogen and oxygen atoms in total. The number of fused-ring (bicyclic) bond motifs is 5. The predicted octanol–water partition coefficient (Wildman–Crippen LogP) is -1.84. The molecule has 0 unspecified atom stereocenters. The van der Waals surface area contributed by atoms with Crippen LogP contribution in [-0.2, 0) is 66.7 Å². The van der Waals surface area contributed by atoms with Crippen LogP contribution in [-0.4, -0.2) is 270 Å². The smallest absolute Gasteiger partial charge is 0.394 e. The normalized spacial score (nSPS) is 53.5. The van der Waals surface area contributed by atoms with Crippen LogP contribution in [0.15, 0.2) is 11.6 Å². The second-order valence-corrected chi connectivity index (χ2v) is 29.0. The first-order chi connectivity index (χ1) is 41.2. The molecule has 0 amide bonds. The maximum Gasteiger partial charge on any atom is 0.397 e. The van der Waals surface area contributed by atoms with E-state index in [-0.39, 0.29) is 48.7 Å². The summed E-state index contributed by atoms with van der Waals surface area (Å²) in [6.07, 6.45) is -38.0. The van der Waals surface area contributed by atoms with E-state index in [0.29, 0.717) is 25.2 Å². The van der Waals surface area contributed by atoms with Gasteiger partial charge in [0.25, 0.3) is 0 Å². The van der Waals surface area contributed by atoms with Crippen molar-refractivity contribution in [3.05, 3.63) is 11.6 Å². The number of aliphatic hydroxyl groups excluding tert-OH is 12. The third kappa shape index (κ3) is 12.9. The second-order valence-electron chi connectivity index (χ2n) is 28.0. The summed E-state index contributed by atoms with van der Waals surface area (Å²) in [5.74, 6) is -0.149. The molecule has 4 aliphatic carbocycles. The fourth-order valence-electron chi connectivity index (χ4n) is 17.1. The van der Waals surface area contributed by atoms with Crippen LogP contribution in [0.2, 0.25) is 0 Å². The summed E-state index contributed by atoms with van der Waals surface area (Å²) in [6, 6.07) is 0. The van der Waals surface area contributed by atoms with Crippen LogP contribution < -0.4 is 0 Å². The van der Waals surface area contributed by atoms with Crippen LogP contribution in [0.25, 0.3) is 0 Å². The molecule has 29 heteroatoms. The van der Waals surface area contributed by atoms with E-state index in [1.165, 1.54) is 33.3 Å². The Morgan fingerprint density at radius 2 is 1.12 bits per heavy atom. The lowest BCUT2D eigenvalue weighted by atomic mass is 9.47. The van der Waals surface area contributed by atoms with Gasteiger partial charge in [-0.1, -0.05) is 52.7 Å². The van der Waals surface area contributed by atoms with E-state index in [0.717, 1.165) is 19.3 Å². The van der Waals surface area contributed by atoms with Crippen molar-refractivity contribution in [2.24, 2.45) is 46.3 Å². The van der Waals surface area contributed by atoms with Crippen LogP contribution >= 0.6 is 0 Å². The third-order valence-electron chi connectivity index (χ3n) is 22.2. The summed E-state index contributed by atoms with van der Waals surface area (Å²) < 4.78 is 108. The van der Waals surface area contributed by atoms with Crippen molar-refractivity contribution < 1.29 is 136 Å². The average Bonchev–Trinajstić information content (AvgIpc) is 1.38. The SMILES string of the molecule is CC[C@@H](C(C)C)[C@@H]1O[C@H]1[C@](C)(O)[C@H]1CC[C@H]2[C@@H]3C[C@H](O[C@@H]4O[C@H](CO)[C@@H](O)[C@H](O[C@@H]5O[C@H](C)[C@@H](O[C@@H]6O[C@H](C)[C@@H](O)[C@H](O)[C@H]6O[C@@H]6O[C@H](C)[C@H](O)[C@H](O)[C@H]6O)[C@H](O)[C@H]5O[C@@H]5O[C@H](C)[C@@H](O)[C@H](O)[C@H]5O)[C@H]4O)[C@H]4C[C@@H](OS(=O)(=O)O)CC[C@]4(C)C3=CC[C@]12C. The molecule has 3 saturated carbocycles. The highest BCUT2D eigenvalue weighted by molar-refractivity contribution is 7.80. The lowest BCUT2D eigenvalue weighted by Gasteiger charge is -2.60. The van der Waals surface area contributed by atoms with E-state index in [4.69, 9.17) is 56.3 Å². The lowest BCUT2D eigenvalue weighted by Crippen LogP contribution is -2.68. The van der Waals surface area contributed by atoms with Gasteiger partial charge in [0.1, 0.15) is 104 Å². The van der Waals surface area contributed by atoms with Gasteiger partial charge in [-0.05, 0) is 126 Å². The van der Waals surface area contributed by atoms with Crippen molar-refractivity contribution in [2.75, 3.05) is 6.61 Å². The predicted molar refractivity (Wildman–Crippen MR) is 298 cm³/mol. The summed E-state index contributed by atoms with van der Waals surface area (Å²) >= 11 is 0. The Morgan fingerprint density at radius 1 is 0.602 bits per heavy atom. The summed E-state index contributed by atoms with van der Waals surface area (Å²) in [4.78, 5) is 0. The number of aliphatic hydroxyl groups is 13. The van der Waals surface area contributed by atoms with Gasteiger partial charge in [-0.15, -0.1) is 0 Å². The third-order valence-corrected chi connectivity index (χ3v) is 22.8. The van der Waals surface area contributed by atoms with Crippen LogP contribution in [0, 0.1) is 46.3 Å². The highest BCUT2D eigenvalue weighted by atomic mass is 32.3. The zero-order chi connectivity index (χ0) is 64.3. The van der Waals surface area contributed by atoms with E-state index in [1.807, 2.05) is 6.92 Å². The van der Waals surface area contributed by atoms with E-state index < -0.39 is 205 Å². The molecule has 10 aliphatic rings. The first-order valence-corrected chi connectivity index (χ1v) is 32.9. The van der Waals surface area contributed by atoms with Crippen molar-refractivity contribution in [1.29, 1.82) is 0 Å². The van der Waals surface area contributed by atoms with E-state index in [1.54, 1.807) is 0 Å². The van der Waals surface area contributed by atoms with Gasteiger partial charge < -0.3 is 118 Å². The molecule has 508 valence electrons. The van der Waals surface area contributed by atoms with Gasteiger partial charge in [-0.2, -0.15) is 8.42 Å². The Kier molecular flexibility index (Phi) is 20.8. The van der Waals surface area contributed by atoms with Gasteiger partial charge in [0.05, 0.1) is 54.9 Å². The minimum atomic E-state index is -4.90. The number of ether oxygens (including phenoxy) is 11. The van der Waals surface area contributed by atoms with Crippen LogP contribution in [0.1, 0.15) is 121 Å². The molecule has 0 aromatic carbocycles. The van der Waals surface area contributed by atoms with Crippen LogP contribution in [0.3, 0.4) is 0 Å². The largest absolute Gasteiger partial charge is 0.397 e. The van der Waals surface area contributed by atoms with Crippen molar-refractivity contribution in [3.8, 4) is 0 Å². The summed E-state index contributed by atoms with van der Waals surface area (Å²) in [7, 11) is -4.90. The molecule has 6 aliphatic heterocycles. The zero-order valence-electron chi connectivity index (χ0n) is 51.5. The highest BCUT2D eigenvalue weighted by Gasteiger charge is 2.67. The molecule has 0 bridgehead atoms. The molecule has 0 aromatic heterocycles. The standard InChI is InChI=1S/C59H98O28S/c1-11-27(21(2)3)47-51(82-47)59(10,72)34-13-12-29-28-19-32(31-18-26(87-88(73,74)75)14-16-57(31,8)30(28)15-17-58(29,34)9)80-54-45(71)48(38(64)33(20-60)81-54)84-56-50(86-53-43(69)40(66)36(62)23(5)77-53)44(70)46(25(7)79-56)83-55-49(41(67)37(63)24(6)78-55)85-52-42(68)39(65)35(61)22(4)76-52/h15,21-29,31-56,60-72H,11-14,16-20H2,1-10H3,(H,73,74,75)/t22-,23-,24-,25-,26+,27+,28+,29+,31-,32+,33-,34+,35+,36-,37-,38-,39+,40+,41+,42-,43-,44+,45-,46-,47+,48+,49-,50-,51-,52+,53+,54-,55+,56+,57-,58+,59-/m1/s1. The molecule has 0 radical (unpaired) electrons. The number of hydrogen-bond acceptors (Lipinski definition) is 27. The minimum absolute atomic E-state index is 0.0274. The maximum atomic E-state index is 12.6.